The Kier molecular flexibility index (Phi) is 3.81. The summed E-state index contributed by atoms with van der Waals surface area (Å²) in [5, 5.41) is 2.94. The fraction of sp³-hybridized carbons (Fsp3) is 0.562. The standard InChI is InChI=1S/C16H20FN3O3/c17-12-1-2-14-13(11-12)16(15(21)18-14,19-3-7-22-8-4-19)20-5-9-23-10-6-20/h1-2,11H,3-10H2,(H,18,21). The summed E-state index contributed by atoms with van der Waals surface area (Å²) in [5.74, 6) is -0.437. The van der Waals surface area contributed by atoms with Crippen LogP contribution in [0.25, 0.3) is 0 Å². The minimum Gasteiger partial charge on any atom is -0.379 e. The molecule has 3 aliphatic rings. The minimum atomic E-state index is -0.967. The number of nitrogens with one attached hydrogen (secondary N) is 1. The predicted octanol–water partition coefficient (Wildman–Crippen LogP) is 0.595. The Morgan fingerprint density at radius 3 is 2.13 bits per heavy atom. The molecule has 124 valence electrons. The van der Waals surface area contributed by atoms with E-state index in [-0.39, 0.29) is 11.7 Å². The predicted molar refractivity (Wildman–Crippen MR) is 81.5 cm³/mol. The van der Waals surface area contributed by atoms with Crippen molar-refractivity contribution >= 4 is 11.6 Å². The van der Waals surface area contributed by atoms with E-state index < -0.39 is 5.66 Å². The third-order valence-electron chi connectivity index (χ3n) is 4.86. The second-order valence-electron chi connectivity index (χ2n) is 6.02. The Hall–Kier alpha value is -1.54. The number of morpholine rings is 2. The van der Waals surface area contributed by atoms with Gasteiger partial charge in [-0.05, 0) is 18.2 Å². The Morgan fingerprint density at radius 2 is 1.57 bits per heavy atom. The summed E-state index contributed by atoms with van der Waals surface area (Å²) in [7, 11) is 0. The van der Waals surface area contributed by atoms with Crippen molar-refractivity contribution < 1.29 is 18.7 Å². The van der Waals surface area contributed by atoms with Gasteiger partial charge in [0.15, 0.2) is 5.66 Å². The van der Waals surface area contributed by atoms with Gasteiger partial charge in [0, 0.05) is 37.4 Å². The molecule has 1 amide bonds. The molecule has 0 aliphatic carbocycles. The molecule has 3 aliphatic heterocycles. The number of fused-ring (bicyclic) bond motifs is 1. The van der Waals surface area contributed by atoms with E-state index in [0.29, 0.717) is 63.9 Å². The zero-order valence-corrected chi connectivity index (χ0v) is 12.9. The van der Waals surface area contributed by atoms with Crippen molar-refractivity contribution in [2.24, 2.45) is 0 Å². The molecule has 2 saturated heterocycles. The van der Waals surface area contributed by atoms with Crippen LogP contribution in [-0.4, -0.2) is 68.3 Å². The third-order valence-corrected chi connectivity index (χ3v) is 4.86. The number of hydrogen-bond acceptors (Lipinski definition) is 5. The first kappa shape index (κ1) is 15.0. The highest BCUT2D eigenvalue weighted by Gasteiger charge is 2.56. The summed E-state index contributed by atoms with van der Waals surface area (Å²) in [4.78, 5) is 17.3. The van der Waals surface area contributed by atoms with E-state index in [4.69, 9.17) is 9.47 Å². The number of halogens is 1. The van der Waals surface area contributed by atoms with Gasteiger partial charge in [-0.15, -0.1) is 0 Å². The third kappa shape index (κ3) is 2.27. The zero-order valence-electron chi connectivity index (χ0n) is 12.9. The lowest BCUT2D eigenvalue weighted by Crippen LogP contribution is -2.66. The highest BCUT2D eigenvalue weighted by molar-refractivity contribution is 6.05. The van der Waals surface area contributed by atoms with Gasteiger partial charge in [0.05, 0.1) is 26.4 Å². The van der Waals surface area contributed by atoms with Crippen molar-refractivity contribution in [3.8, 4) is 0 Å². The topological polar surface area (TPSA) is 54.0 Å². The van der Waals surface area contributed by atoms with E-state index in [1.165, 1.54) is 12.1 Å². The number of hydrogen-bond donors (Lipinski definition) is 1. The average molecular weight is 321 g/mol. The highest BCUT2D eigenvalue weighted by Crippen LogP contribution is 2.44. The first-order valence-electron chi connectivity index (χ1n) is 8.00. The van der Waals surface area contributed by atoms with Crippen molar-refractivity contribution in [2.45, 2.75) is 5.66 Å². The molecule has 3 heterocycles. The average Bonchev–Trinajstić information content (AvgIpc) is 2.88. The summed E-state index contributed by atoms with van der Waals surface area (Å²) in [5.41, 5.74) is 0.422. The molecule has 0 aromatic heterocycles. The fourth-order valence-electron chi connectivity index (χ4n) is 3.85. The number of carbonyl (C=O) groups excluding carboxylic acids is 1. The molecule has 0 spiro atoms. The SMILES string of the molecule is O=C1Nc2ccc(F)cc2C1(N1CCOCC1)N1CCOCC1. The van der Waals surface area contributed by atoms with E-state index in [2.05, 4.69) is 15.1 Å². The molecule has 0 saturated carbocycles. The Balaban J connectivity index is 1.85. The number of amides is 1. The smallest absolute Gasteiger partial charge is 0.264 e. The van der Waals surface area contributed by atoms with Crippen molar-refractivity contribution in [3.63, 3.8) is 0 Å². The lowest BCUT2D eigenvalue weighted by Gasteiger charge is -2.49. The Morgan fingerprint density at radius 1 is 1.00 bits per heavy atom. The number of benzene rings is 1. The van der Waals surface area contributed by atoms with Gasteiger partial charge < -0.3 is 14.8 Å². The van der Waals surface area contributed by atoms with Gasteiger partial charge in [0.25, 0.3) is 5.91 Å². The summed E-state index contributed by atoms with van der Waals surface area (Å²) in [6, 6.07) is 4.51. The van der Waals surface area contributed by atoms with Crippen molar-refractivity contribution in [3.05, 3.63) is 29.6 Å². The van der Waals surface area contributed by atoms with Crippen LogP contribution in [0.15, 0.2) is 18.2 Å². The van der Waals surface area contributed by atoms with Crippen LogP contribution in [0.3, 0.4) is 0 Å². The van der Waals surface area contributed by atoms with E-state index in [1.54, 1.807) is 6.07 Å². The molecule has 23 heavy (non-hydrogen) atoms. The van der Waals surface area contributed by atoms with E-state index in [0.717, 1.165) is 0 Å². The zero-order chi connectivity index (χ0) is 15.9. The van der Waals surface area contributed by atoms with Crippen LogP contribution in [0.4, 0.5) is 10.1 Å². The molecule has 2 fully saturated rings. The second-order valence-corrected chi connectivity index (χ2v) is 6.02. The minimum absolute atomic E-state index is 0.109. The van der Waals surface area contributed by atoms with Gasteiger partial charge >= 0.3 is 0 Å². The van der Waals surface area contributed by atoms with Gasteiger partial charge in [-0.25, -0.2) is 4.39 Å². The monoisotopic (exact) mass is 321 g/mol. The van der Waals surface area contributed by atoms with Gasteiger partial charge in [-0.3, -0.25) is 14.6 Å². The maximum absolute atomic E-state index is 13.9. The molecule has 0 bridgehead atoms. The summed E-state index contributed by atoms with van der Waals surface area (Å²) < 4.78 is 24.8. The highest BCUT2D eigenvalue weighted by atomic mass is 19.1. The molecule has 1 aromatic rings. The van der Waals surface area contributed by atoms with Gasteiger partial charge in [0.2, 0.25) is 0 Å². The maximum Gasteiger partial charge on any atom is 0.264 e. The number of anilines is 1. The van der Waals surface area contributed by atoms with Gasteiger partial charge in [-0.2, -0.15) is 0 Å². The molecule has 4 rings (SSSR count). The molecule has 0 atom stereocenters. The first-order valence-corrected chi connectivity index (χ1v) is 8.00. The normalized spacial score (nSPS) is 25.2. The van der Waals surface area contributed by atoms with E-state index in [1.807, 2.05) is 0 Å². The van der Waals surface area contributed by atoms with E-state index in [9.17, 15) is 9.18 Å². The largest absolute Gasteiger partial charge is 0.379 e. The molecule has 7 heteroatoms. The molecule has 0 unspecified atom stereocenters. The second kappa shape index (κ2) is 5.83. The molecule has 6 nitrogen and oxygen atoms in total. The number of carbonyl (C=O) groups is 1. The molecular weight excluding hydrogens is 301 g/mol. The molecule has 0 radical (unpaired) electrons. The lowest BCUT2D eigenvalue weighted by molar-refractivity contribution is -0.160. The lowest BCUT2D eigenvalue weighted by atomic mass is 9.95. The van der Waals surface area contributed by atoms with Crippen LogP contribution < -0.4 is 5.32 Å². The van der Waals surface area contributed by atoms with Crippen LogP contribution in [0.1, 0.15) is 5.56 Å². The van der Waals surface area contributed by atoms with Crippen LogP contribution in [0.2, 0.25) is 0 Å². The van der Waals surface area contributed by atoms with Gasteiger partial charge in [-0.1, -0.05) is 0 Å². The van der Waals surface area contributed by atoms with Crippen molar-refractivity contribution in [2.75, 3.05) is 57.9 Å². The quantitative estimate of drug-likeness (QED) is 0.864. The molecule has 1 N–H and O–H groups in total. The number of ether oxygens (including phenoxy) is 2. The van der Waals surface area contributed by atoms with E-state index >= 15 is 0 Å². The Bertz CT molecular complexity index is 595. The van der Waals surface area contributed by atoms with Crippen LogP contribution in [-0.2, 0) is 19.9 Å². The van der Waals surface area contributed by atoms with Crippen LogP contribution >= 0.6 is 0 Å². The first-order chi connectivity index (χ1) is 11.2. The van der Waals surface area contributed by atoms with Crippen molar-refractivity contribution in [1.82, 2.24) is 9.80 Å². The van der Waals surface area contributed by atoms with Crippen molar-refractivity contribution in [1.29, 1.82) is 0 Å². The summed E-state index contributed by atoms with van der Waals surface area (Å²) in [6.07, 6.45) is 0. The maximum atomic E-state index is 13.9. The molecular formula is C16H20FN3O3. The number of rotatable bonds is 2. The van der Waals surface area contributed by atoms with Crippen LogP contribution in [0, 0.1) is 5.82 Å². The molecule has 1 aromatic carbocycles. The summed E-state index contributed by atoms with van der Waals surface area (Å²) >= 11 is 0. The fourth-order valence-corrected chi connectivity index (χ4v) is 3.85. The van der Waals surface area contributed by atoms with Gasteiger partial charge in [0.1, 0.15) is 5.82 Å². The van der Waals surface area contributed by atoms with Crippen LogP contribution in [0.5, 0.6) is 0 Å². The summed E-state index contributed by atoms with van der Waals surface area (Å²) in [6.45, 7) is 4.85. The number of nitrogens with zero attached hydrogens (tertiary/aromatic N) is 2. The Labute approximate surface area is 134 Å².